The van der Waals surface area contributed by atoms with E-state index in [1.807, 2.05) is 13.8 Å². The van der Waals surface area contributed by atoms with Gasteiger partial charge in [0.1, 0.15) is 5.00 Å². The molecule has 1 N–H and O–H groups in total. The predicted molar refractivity (Wildman–Crippen MR) is 90.7 cm³/mol. The van der Waals surface area contributed by atoms with Crippen LogP contribution in [0.4, 0.5) is 5.00 Å². The minimum Gasteiger partial charge on any atom is -0.462 e. The Labute approximate surface area is 142 Å². The lowest BCUT2D eigenvalue weighted by atomic mass is 10.1. The number of aryl methyl sites for hydroxylation is 1. The molecule has 0 fully saturated rings. The van der Waals surface area contributed by atoms with Crippen LogP contribution < -0.4 is 5.32 Å². The van der Waals surface area contributed by atoms with Crippen LogP contribution in [0.25, 0.3) is 5.65 Å². The number of aromatic nitrogens is 3. The van der Waals surface area contributed by atoms with E-state index in [1.165, 1.54) is 15.9 Å². The number of rotatable bonds is 4. The van der Waals surface area contributed by atoms with Gasteiger partial charge in [0.15, 0.2) is 11.3 Å². The number of amides is 1. The molecule has 0 aromatic carbocycles. The van der Waals surface area contributed by atoms with E-state index in [0.29, 0.717) is 16.2 Å². The largest absolute Gasteiger partial charge is 0.462 e. The van der Waals surface area contributed by atoms with Crippen molar-refractivity contribution in [3.8, 4) is 0 Å². The van der Waals surface area contributed by atoms with Gasteiger partial charge in [-0.15, -0.1) is 11.3 Å². The summed E-state index contributed by atoms with van der Waals surface area (Å²) < 4.78 is 6.60. The summed E-state index contributed by atoms with van der Waals surface area (Å²) in [7, 11) is 0. The molecule has 0 aliphatic carbocycles. The first kappa shape index (κ1) is 16.1. The van der Waals surface area contributed by atoms with Crippen molar-refractivity contribution in [3.05, 3.63) is 46.2 Å². The first-order valence-corrected chi connectivity index (χ1v) is 8.21. The van der Waals surface area contributed by atoms with Gasteiger partial charge < -0.3 is 10.1 Å². The molecule has 0 aliphatic heterocycles. The van der Waals surface area contributed by atoms with Crippen molar-refractivity contribution >= 4 is 33.9 Å². The first-order valence-electron chi connectivity index (χ1n) is 7.40. The summed E-state index contributed by atoms with van der Waals surface area (Å²) in [5.74, 6) is -0.835. The lowest BCUT2D eigenvalue weighted by Crippen LogP contribution is -2.15. The van der Waals surface area contributed by atoms with Crippen molar-refractivity contribution < 1.29 is 14.3 Å². The Kier molecular flexibility index (Phi) is 4.30. The fourth-order valence-corrected chi connectivity index (χ4v) is 3.32. The highest BCUT2D eigenvalue weighted by atomic mass is 32.1. The monoisotopic (exact) mass is 344 g/mol. The Morgan fingerprint density at radius 2 is 2.17 bits per heavy atom. The van der Waals surface area contributed by atoms with E-state index in [2.05, 4.69) is 15.4 Å². The fraction of sp³-hybridized carbons (Fsp3) is 0.250. The summed E-state index contributed by atoms with van der Waals surface area (Å²) in [5, 5.41) is 7.41. The number of anilines is 1. The average molecular weight is 344 g/mol. The maximum absolute atomic E-state index is 12.5. The number of ether oxygens (including phenoxy) is 1. The normalized spacial score (nSPS) is 10.8. The van der Waals surface area contributed by atoms with Crippen LogP contribution in [0, 0.1) is 13.8 Å². The molecule has 0 saturated carbocycles. The van der Waals surface area contributed by atoms with Crippen molar-refractivity contribution in [3.63, 3.8) is 0 Å². The van der Waals surface area contributed by atoms with Crippen molar-refractivity contribution in [2.75, 3.05) is 11.9 Å². The molecule has 1 amide bonds. The molecule has 0 saturated heterocycles. The van der Waals surface area contributed by atoms with E-state index >= 15 is 0 Å². The second kappa shape index (κ2) is 6.40. The van der Waals surface area contributed by atoms with Crippen molar-refractivity contribution in [2.24, 2.45) is 0 Å². The Bertz CT molecular complexity index is 896. The molecule has 0 aliphatic rings. The topological polar surface area (TPSA) is 85.6 Å². The lowest BCUT2D eigenvalue weighted by Gasteiger charge is -2.06. The molecule has 24 heavy (non-hydrogen) atoms. The molecule has 3 aromatic rings. The SMILES string of the molecule is CCOC(=O)c1c(NC(=O)c2cc3ncccn3n2)sc(C)c1C. The number of carbonyl (C=O) groups is 2. The predicted octanol–water partition coefficient (Wildman–Crippen LogP) is 2.84. The van der Waals surface area contributed by atoms with Gasteiger partial charge in [0.25, 0.3) is 5.91 Å². The van der Waals surface area contributed by atoms with Gasteiger partial charge in [0, 0.05) is 23.3 Å². The van der Waals surface area contributed by atoms with Gasteiger partial charge in [0.2, 0.25) is 0 Å². The number of carbonyl (C=O) groups excluding carboxylic acids is 2. The van der Waals surface area contributed by atoms with Crippen LogP contribution >= 0.6 is 11.3 Å². The number of hydrogen-bond acceptors (Lipinski definition) is 6. The molecule has 3 heterocycles. The van der Waals surface area contributed by atoms with Gasteiger partial charge in [-0.2, -0.15) is 5.10 Å². The van der Waals surface area contributed by atoms with Gasteiger partial charge in [-0.25, -0.2) is 14.3 Å². The van der Waals surface area contributed by atoms with E-state index in [1.54, 1.807) is 31.5 Å². The molecule has 124 valence electrons. The van der Waals surface area contributed by atoms with E-state index in [-0.39, 0.29) is 12.3 Å². The number of thiophene rings is 1. The summed E-state index contributed by atoms with van der Waals surface area (Å²) in [6, 6.07) is 3.32. The van der Waals surface area contributed by atoms with E-state index in [4.69, 9.17) is 4.74 Å². The summed E-state index contributed by atoms with van der Waals surface area (Å²) in [5.41, 5.74) is 2.01. The molecule has 3 rings (SSSR count). The summed E-state index contributed by atoms with van der Waals surface area (Å²) in [4.78, 5) is 29.7. The summed E-state index contributed by atoms with van der Waals surface area (Å²) in [6.07, 6.45) is 3.34. The second-order valence-corrected chi connectivity index (χ2v) is 6.34. The van der Waals surface area contributed by atoms with Gasteiger partial charge in [0.05, 0.1) is 12.2 Å². The molecule has 0 bridgehead atoms. The van der Waals surface area contributed by atoms with Crippen molar-refractivity contribution in [1.29, 1.82) is 0 Å². The highest BCUT2D eigenvalue weighted by Crippen LogP contribution is 2.33. The molecule has 7 nitrogen and oxygen atoms in total. The van der Waals surface area contributed by atoms with E-state index in [9.17, 15) is 9.59 Å². The van der Waals surface area contributed by atoms with Crippen LogP contribution in [-0.2, 0) is 4.74 Å². The Hall–Kier alpha value is -2.74. The Balaban J connectivity index is 1.91. The average Bonchev–Trinajstić information content (AvgIpc) is 3.09. The number of nitrogens with one attached hydrogen (secondary N) is 1. The molecule has 0 unspecified atom stereocenters. The van der Waals surface area contributed by atoms with Gasteiger partial charge in [-0.05, 0) is 32.4 Å². The van der Waals surface area contributed by atoms with Crippen molar-refractivity contribution in [2.45, 2.75) is 20.8 Å². The van der Waals surface area contributed by atoms with Crippen LogP contribution in [0.2, 0.25) is 0 Å². The molecular formula is C16H16N4O3S. The third kappa shape index (κ3) is 2.88. The van der Waals surface area contributed by atoms with Gasteiger partial charge in [-0.3, -0.25) is 4.79 Å². The molecule has 3 aromatic heterocycles. The molecule has 0 atom stereocenters. The number of fused-ring (bicyclic) bond motifs is 1. The van der Waals surface area contributed by atoms with Gasteiger partial charge in [-0.1, -0.05) is 0 Å². The maximum Gasteiger partial charge on any atom is 0.341 e. The van der Waals surface area contributed by atoms with Crippen molar-refractivity contribution in [1.82, 2.24) is 14.6 Å². The summed E-state index contributed by atoms with van der Waals surface area (Å²) >= 11 is 1.34. The third-order valence-corrected chi connectivity index (χ3v) is 4.68. The minimum atomic E-state index is -0.439. The minimum absolute atomic E-state index is 0.229. The van der Waals surface area contributed by atoms with E-state index < -0.39 is 11.9 Å². The fourth-order valence-electron chi connectivity index (χ4n) is 2.27. The standard InChI is InChI=1S/C16H16N4O3S/c1-4-23-16(22)13-9(2)10(3)24-15(13)18-14(21)11-8-12-17-6-5-7-20(12)19-11/h5-8H,4H2,1-3H3,(H,18,21). The quantitative estimate of drug-likeness (QED) is 0.736. The number of hydrogen-bond donors (Lipinski definition) is 1. The first-order chi connectivity index (χ1) is 11.5. The Morgan fingerprint density at radius 3 is 2.88 bits per heavy atom. The number of nitrogens with zero attached hydrogens (tertiary/aromatic N) is 3. The zero-order valence-corrected chi connectivity index (χ0v) is 14.3. The zero-order valence-electron chi connectivity index (χ0n) is 13.5. The third-order valence-electron chi connectivity index (χ3n) is 3.56. The van der Waals surface area contributed by atoms with Crippen LogP contribution in [0.5, 0.6) is 0 Å². The summed E-state index contributed by atoms with van der Waals surface area (Å²) in [6.45, 7) is 5.75. The van der Waals surface area contributed by atoms with Crippen LogP contribution in [0.15, 0.2) is 24.5 Å². The van der Waals surface area contributed by atoms with Crippen LogP contribution in [0.1, 0.15) is 38.2 Å². The number of esters is 1. The van der Waals surface area contributed by atoms with Gasteiger partial charge >= 0.3 is 5.97 Å². The van der Waals surface area contributed by atoms with E-state index in [0.717, 1.165) is 10.4 Å². The molecular weight excluding hydrogens is 328 g/mol. The highest BCUT2D eigenvalue weighted by Gasteiger charge is 2.23. The van der Waals surface area contributed by atoms with Crippen LogP contribution in [0.3, 0.4) is 0 Å². The lowest BCUT2D eigenvalue weighted by molar-refractivity contribution is 0.0527. The highest BCUT2D eigenvalue weighted by molar-refractivity contribution is 7.16. The second-order valence-electron chi connectivity index (χ2n) is 5.11. The maximum atomic E-state index is 12.5. The molecule has 0 spiro atoms. The molecule has 8 heteroatoms. The van der Waals surface area contributed by atoms with Crippen LogP contribution in [-0.4, -0.2) is 33.1 Å². The Morgan fingerprint density at radius 1 is 1.38 bits per heavy atom. The molecule has 0 radical (unpaired) electrons. The zero-order chi connectivity index (χ0) is 17.3. The smallest absolute Gasteiger partial charge is 0.341 e.